The Morgan fingerprint density at radius 3 is 2.44 bits per heavy atom. The van der Waals surface area contributed by atoms with Crippen LogP contribution < -0.4 is 21.8 Å². The van der Waals surface area contributed by atoms with Crippen molar-refractivity contribution in [1.29, 1.82) is 0 Å². The van der Waals surface area contributed by atoms with Gasteiger partial charge in [0, 0.05) is 31.4 Å². The van der Waals surface area contributed by atoms with E-state index in [0.717, 1.165) is 6.20 Å². The summed E-state index contributed by atoms with van der Waals surface area (Å²) in [4.78, 5) is 25.5. The molecule has 0 radical (unpaired) electrons. The number of pyridine rings is 1. The fraction of sp³-hybridized carbons (Fsp3) is 0.444. The molecule has 1 aromatic heterocycles. The number of nitrogens with two attached hydrogens (primary N) is 2. The monoisotopic (exact) mass is 378 g/mol. The van der Waals surface area contributed by atoms with Gasteiger partial charge in [-0.25, -0.2) is 13.6 Å². The standard InChI is InChI=1S/C18H20F2N4O3/c1-7-4-23(6-10(7)21)16-12(19)14(22)11-15(13(16)20)24(8-2-3-8)5-9(17(11)25)18(26)27/h5,7-8,10H,2-4,6,21-22H2,1H3,(H,26,27)/t7-,10-/m1/s1. The van der Waals surface area contributed by atoms with Gasteiger partial charge in [-0.15, -0.1) is 0 Å². The Morgan fingerprint density at radius 1 is 1.26 bits per heavy atom. The smallest absolute Gasteiger partial charge is 0.341 e. The minimum Gasteiger partial charge on any atom is -0.477 e. The van der Waals surface area contributed by atoms with Crippen LogP contribution in [0, 0.1) is 17.6 Å². The first kappa shape index (κ1) is 17.7. The van der Waals surface area contributed by atoms with Gasteiger partial charge in [0.25, 0.3) is 0 Å². The first-order valence-corrected chi connectivity index (χ1v) is 8.81. The number of halogens is 2. The minimum absolute atomic E-state index is 0.0423. The number of nitrogen functional groups attached to an aromatic ring is 1. The lowest BCUT2D eigenvalue weighted by atomic mass is 10.1. The van der Waals surface area contributed by atoms with Crippen molar-refractivity contribution in [3.05, 3.63) is 33.6 Å². The third-order valence-corrected chi connectivity index (χ3v) is 5.52. The number of nitrogens with zero attached hydrogens (tertiary/aromatic N) is 2. The summed E-state index contributed by atoms with van der Waals surface area (Å²) >= 11 is 0. The summed E-state index contributed by atoms with van der Waals surface area (Å²) < 4.78 is 31.9. The number of hydrogen-bond donors (Lipinski definition) is 3. The molecule has 2 atom stereocenters. The second-order valence-electron chi connectivity index (χ2n) is 7.48. The van der Waals surface area contributed by atoms with Crippen molar-refractivity contribution in [2.24, 2.45) is 11.7 Å². The molecule has 2 heterocycles. The SMILES string of the molecule is C[C@@H]1CN(c2c(F)c(N)c3c(=O)c(C(=O)O)cn(C4CC4)c3c2F)C[C@H]1N. The molecule has 0 amide bonds. The van der Waals surface area contributed by atoms with Crippen LogP contribution in [-0.4, -0.2) is 34.8 Å². The fourth-order valence-electron chi connectivity index (χ4n) is 3.80. The molecule has 0 unspecified atom stereocenters. The van der Waals surface area contributed by atoms with E-state index >= 15 is 8.78 Å². The molecule has 1 aromatic carbocycles. The van der Waals surface area contributed by atoms with Gasteiger partial charge >= 0.3 is 5.97 Å². The van der Waals surface area contributed by atoms with Crippen LogP contribution >= 0.6 is 0 Å². The van der Waals surface area contributed by atoms with Crippen LogP contribution in [0.1, 0.15) is 36.2 Å². The summed E-state index contributed by atoms with van der Waals surface area (Å²) in [5.41, 5.74) is 9.34. The lowest BCUT2D eigenvalue weighted by molar-refractivity contribution is 0.0695. The van der Waals surface area contributed by atoms with Gasteiger partial charge in [-0.3, -0.25) is 4.79 Å². The van der Waals surface area contributed by atoms with E-state index < -0.39 is 39.7 Å². The van der Waals surface area contributed by atoms with Crippen LogP contribution in [0.4, 0.5) is 20.2 Å². The molecule has 7 nitrogen and oxygen atoms in total. The topological polar surface area (TPSA) is 115 Å². The van der Waals surface area contributed by atoms with Gasteiger partial charge in [-0.05, 0) is 18.8 Å². The third kappa shape index (κ3) is 2.56. The average molecular weight is 378 g/mol. The quantitative estimate of drug-likeness (QED) is 0.700. The second kappa shape index (κ2) is 5.91. The summed E-state index contributed by atoms with van der Waals surface area (Å²) in [5, 5.41) is 8.88. The van der Waals surface area contributed by atoms with E-state index in [9.17, 15) is 14.7 Å². The van der Waals surface area contributed by atoms with Crippen molar-refractivity contribution in [3.63, 3.8) is 0 Å². The zero-order valence-corrected chi connectivity index (χ0v) is 14.7. The zero-order chi connectivity index (χ0) is 19.6. The van der Waals surface area contributed by atoms with E-state index in [1.54, 1.807) is 0 Å². The van der Waals surface area contributed by atoms with E-state index in [0.29, 0.717) is 19.4 Å². The van der Waals surface area contributed by atoms with E-state index in [-0.39, 0.29) is 35.8 Å². The Kier molecular flexibility index (Phi) is 3.88. The Hall–Kier alpha value is -2.68. The van der Waals surface area contributed by atoms with Gasteiger partial charge in [0.1, 0.15) is 11.3 Å². The van der Waals surface area contributed by atoms with Crippen molar-refractivity contribution in [3.8, 4) is 0 Å². The van der Waals surface area contributed by atoms with Crippen molar-refractivity contribution in [2.75, 3.05) is 23.7 Å². The molecule has 2 aromatic rings. The van der Waals surface area contributed by atoms with Gasteiger partial charge in [-0.2, -0.15) is 0 Å². The Bertz CT molecular complexity index is 1020. The van der Waals surface area contributed by atoms with E-state index in [2.05, 4.69) is 0 Å². The molecule has 1 saturated carbocycles. The third-order valence-electron chi connectivity index (χ3n) is 5.52. The molecule has 1 saturated heterocycles. The highest BCUT2D eigenvalue weighted by Crippen LogP contribution is 2.42. The second-order valence-corrected chi connectivity index (χ2v) is 7.48. The molecule has 2 aliphatic rings. The fourth-order valence-corrected chi connectivity index (χ4v) is 3.80. The molecule has 9 heteroatoms. The Morgan fingerprint density at radius 2 is 1.93 bits per heavy atom. The molecule has 4 rings (SSSR count). The molecule has 27 heavy (non-hydrogen) atoms. The van der Waals surface area contributed by atoms with Gasteiger partial charge in [0.05, 0.1) is 16.6 Å². The number of carboxylic acids is 1. The van der Waals surface area contributed by atoms with Crippen molar-refractivity contribution in [1.82, 2.24) is 4.57 Å². The number of carbonyl (C=O) groups is 1. The Balaban J connectivity index is 2.07. The molecule has 0 spiro atoms. The van der Waals surface area contributed by atoms with Crippen LogP contribution in [0.3, 0.4) is 0 Å². The summed E-state index contributed by atoms with van der Waals surface area (Å²) in [6, 6.07) is -0.376. The molecule has 5 N–H and O–H groups in total. The van der Waals surface area contributed by atoms with E-state index in [1.165, 1.54) is 9.47 Å². The highest BCUT2D eigenvalue weighted by atomic mass is 19.1. The molecule has 1 aliphatic heterocycles. The predicted molar refractivity (Wildman–Crippen MR) is 97.1 cm³/mol. The van der Waals surface area contributed by atoms with Gasteiger partial charge in [-0.1, -0.05) is 6.92 Å². The van der Waals surface area contributed by atoms with Crippen LogP contribution in [0.5, 0.6) is 0 Å². The van der Waals surface area contributed by atoms with Crippen LogP contribution in [0.2, 0.25) is 0 Å². The lowest BCUT2D eigenvalue weighted by Crippen LogP contribution is -2.30. The summed E-state index contributed by atoms with van der Waals surface area (Å²) in [6.45, 7) is 2.52. The van der Waals surface area contributed by atoms with Crippen molar-refractivity contribution in [2.45, 2.75) is 31.8 Å². The molecule has 0 bridgehead atoms. The van der Waals surface area contributed by atoms with Crippen LogP contribution in [0.15, 0.2) is 11.0 Å². The Labute approximate surface area is 153 Å². The summed E-state index contributed by atoms with van der Waals surface area (Å²) in [7, 11) is 0. The van der Waals surface area contributed by atoms with Crippen molar-refractivity contribution >= 4 is 28.2 Å². The highest BCUT2D eigenvalue weighted by Gasteiger charge is 2.35. The number of rotatable bonds is 3. The maximum Gasteiger partial charge on any atom is 0.341 e. The number of aromatic carboxylic acids is 1. The average Bonchev–Trinajstić information content (AvgIpc) is 3.38. The summed E-state index contributed by atoms with van der Waals surface area (Å²) in [5.74, 6) is -3.37. The maximum atomic E-state index is 15.5. The van der Waals surface area contributed by atoms with Gasteiger partial charge in [0.2, 0.25) is 5.43 Å². The number of aromatic nitrogens is 1. The molecule has 144 valence electrons. The van der Waals surface area contributed by atoms with Gasteiger partial charge < -0.3 is 26.0 Å². The largest absolute Gasteiger partial charge is 0.477 e. The van der Waals surface area contributed by atoms with Crippen LogP contribution in [-0.2, 0) is 0 Å². The molecular weight excluding hydrogens is 358 g/mol. The zero-order valence-electron chi connectivity index (χ0n) is 14.7. The first-order chi connectivity index (χ1) is 12.7. The normalized spacial score (nSPS) is 22.6. The number of hydrogen-bond acceptors (Lipinski definition) is 5. The molecule has 1 aliphatic carbocycles. The van der Waals surface area contributed by atoms with E-state index in [4.69, 9.17) is 11.5 Å². The number of anilines is 2. The lowest BCUT2D eigenvalue weighted by Gasteiger charge is -2.23. The van der Waals surface area contributed by atoms with Crippen LogP contribution in [0.25, 0.3) is 10.9 Å². The summed E-state index contributed by atoms with van der Waals surface area (Å²) in [6.07, 6.45) is 2.57. The number of fused-ring (bicyclic) bond motifs is 1. The predicted octanol–water partition coefficient (Wildman–Crippen LogP) is 1.68. The molecule has 2 fully saturated rings. The van der Waals surface area contributed by atoms with Crippen molar-refractivity contribution < 1.29 is 18.7 Å². The highest BCUT2D eigenvalue weighted by molar-refractivity contribution is 5.99. The maximum absolute atomic E-state index is 15.5. The molecular formula is C18H20F2N4O3. The number of benzene rings is 1. The minimum atomic E-state index is -1.46. The number of carboxylic acid groups (broad SMARTS) is 1. The van der Waals surface area contributed by atoms with Gasteiger partial charge in [0.15, 0.2) is 11.6 Å². The first-order valence-electron chi connectivity index (χ1n) is 8.81. The van der Waals surface area contributed by atoms with E-state index in [1.807, 2.05) is 6.92 Å².